The van der Waals surface area contributed by atoms with Crippen LogP contribution in [0.5, 0.6) is 0 Å². The largest absolute Gasteiger partial charge is 0.467 e. The number of carbonyl (C=O) groups excluding carboxylic acids is 1. The molecule has 0 unspecified atom stereocenters. The molecule has 1 aromatic rings. The van der Waals surface area contributed by atoms with Crippen molar-refractivity contribution in [1.29, 1.82) is 0 Å². The summed E-state index contributed by atoms with van der Waals surface area (Å²) in [6, 6.07) is 3.64. The third-order valence-electron chi connectivity index (χ3n) is 2.70. The minimum Gasteiger partial charge on any atom is -0.467 e. The van der Waals surface area contributed by atoms with Crippen molar-refractivity contribution in [2.45, 2.75) is 20.4 Å². The zero-order valence-electron chi connectivity index (χ0n) is 11.4. The zero-order valence-corrected chi connectivity index (χ0v) is 11.4. The molecule has 1 rings (SSSR count). The summed E-state index contributed by atoms with van der Waals surface area (Å²) in [5.74, 6) is 0.745. The zero-order chi connectivity index (χ0) is 13.6. The van der Waals surface area contributed by atoms with E-state index in [-0.39, 0.29) is 11.3 Å². The van der Waals surface area contributed by atoms with Gasteiger partial charge in [0.1, 0.15) is 5.76 Å². The van der Waals surface area contributed by atoms with Crippen LogP contribution in [0.3, 0.4) is 0 Å². The van der Waals surface area contributed by atoms with Crippen molar-refractivity contribution in [1.82, 2.24) is 10.2 Å². The topological polar surface area (TPSA) is 71.5 Å². The van der Waals surface area contributed by atoms with E-state index >= 15 is 0 Å². The van der Waals surface area contributed by atoms with Gasteiger partial charge in [-0.2, -0.15) is 0 Å². The Labute approximate surface area is 108 Å². The van der Waals surface area contributed by atoms with Gasteiger partial charge in [-0.15, -0.1) is 0 Å². The first-order chi connectivity index (χ1) is 8.43. The summed E-state index contributed by atoms with van der Waals surface area (Å²) in [6.07, 6.45) is 1.59. The standard InChI is InChI=1S/C13H23N3O2/c1-13(2,9-14)10-16(3)8-12(17)15-7-11-5-4-6-18-11/h4-6H,7-10,14H2,1-3H3,(H,15,17). The molecule has 0 fully saturated rings. The molecule has 0 aliphatic carbocycles. The molecule has 0 atom stereocenters. The smallest absolute Gasteiger partial charge is 0.234 e. The predicted octanol–water partition coefficient (Wildman–Crippen LogP) is 0.812. The molecule has 0 saturated carbocycles. The Hall–Kier alpha value is -1.33. The van der Waals surface area contributed by atoms with Crippen LogP contribution in [0.1, 0.15) is 19.6 Å². The van der Waals surface area contributed by atoms with Gasteiger partial charge in [0.25, 0.3) is 0 Å². The van der Waals surface area contributed by atoms with Crippen molar-refractivity contribution < 1.29 is 9.21 Å². The van der Waals surface area contributed by atoms with Gasteiger partial charge in [-0.25, -0.2) is 0 Å². The van der Waals surface area contributed by atoms with E-state index in [1.165, 1.54) is 0 Å². The molecule has 5 nitrogen and oxygen atoms in total. The van der Waals surface area contributed by atoms with Gasteiger partial charge in [-0.3, -0.25) is 9.69 Å². The first-order valence-corrected chi connectivity index (χ1v) is 6.10. The monoisotopic (exact) mass is 253 g/mol. The highest BCUT2D eigenvalue weighted by Crippen LogP contribution is 2.13. The minimum atomic E-state index is -0.0123. The fourth-order valence-corrected chi connectivity index (χ4v) is 1.75. The Morgan fingerprint density at radius 1 is 1.56 bits per heavy atom. The van der Waals surface area contributed by atoms with Crippen molar-refractivity contribution in [2.75, 3.05) is 26.7 Å². The maximum atomic E-state index is 11.7. The second-order valence-corrected chi connectivity index (χ2v) is 5.40. The molecule has 5 heteroatoms. The maximum absolute atomic E-state index is 11.7. The quantitative estimate of drug-likeness (QED) is 0.754. The number of hydrogen-bond acceptors (Lipinski definition) is 4. The number of likely N-dealkylation sites (N-methyl/N-ethyl adjacent to an activating group) is 1. The lowest BCUT2D eigenvalue weighted by molar-refractivity contribution is -0.122. The van der Waals surface area contributed by atoms with Crippen molar-refractivity contribution in [3.63, 3.8) is 0 Å². The first-order valence-electron chi connectivity index (χ1n) is 6.10. The molecule has 0 radical (unpaired) electrons. The normalized spacial score (nSPS) is 11.8. The van der Waals surface area contributed by atoms with E-state index in [2.05, 4.69) is 19.2 Å². The molecule has 102 valence electrons. The molecule has 0 bridgehead atoms. The SMILES string of the molecule is CN(CC(=O)NCc1ccco1)CC(C)(C)CN. The first kappa shape index (κ1) is 14.7. The lowest BCUT2D eigenvalue weighted by Gasteiger charge is -2.28. The molecule has 1 aromatic heterocycles. The van der Waals surface area contributed by atoms with Crippen LogP contribution in [0, 0.1) is 5.41 Å². The van der Waals surface area contributed by atoms with Crippen LogP contribution in [-0.4, -0.2) is 37.5 Å². The second kappa shape index (κ2) is 6.56. The highest BCUT2D eigenvalue weighted by atomic mass is 16.3. The van der Waals surface area contributed by atoms with Gasteiger partial charge in [-0.05, 0) is 31.1 Å². The van der Waals surface area contributed by atoms with E-state index in [0.717, 1.165) is 12.3 Å². The molecular weight excluding hydrogens is 230 g/mol. The van der Waals surface area contributed by atoms with Crippen LogP contribution in [0.2, 0.25) is 0 Å². The van der Waals surface area contributed by atoms with E-state index in [0.29, 0.717) is 19.6 Å². The summed E-state index contributed by atoms with van der Waals surface area (Å²) in [6.45, 7) is 6.36. The fourth-order valence-electron chi connectivity index (χ4n) is 1.75. The second-order valence-electron chi connectivity index (χ2n) is 5.40. The number of rotatable bonds is 7. The van der Waals surface area contributed by atoms with Gasteiger partial charge in [0.15, 0.2) is 0 Å². The molecule has 0 aliphatic rings. The predicted molar refractivity (Wildman–Crippen MR) is 70.9 cm³/mol. The highest BCUT2D eigenvalue weighted by Gasteiger charge is 2.19. The number of nitrogens with one attached hydrogen (secondary N) is 1. The van der Waals surface area contributed by atoms with Crippen LogP contribution in [-0.2, 0) is 11.3 Å². The number of hydrogen-bond donors (Lipinski definition) is 2. The number of furan rings is 1. The van der Waals surface area contributed by atoms with Crippen LogP contribution in [0.4, 0.5) is 0 Å². The third kappa shape index (κ3) is 5.33. The van der Waals surface area contributed by atoms with E-state index in [9.17, 15) is 4.79 Å². The molecule has 18 heavy (non-hydrogen) atoms. The minimum absolute atomic E-state index is 0.0123. The molecule has 0 aromatic carbocycles. The number of nitrogens with zero attached hydrogens (tertiary/aromatic N) is 1. The van der Waals surface area contributed by atoms with Crippen LogP contribution in [0.25, 0.3) is 0 Å². The lowest BCUT2D eigenvalue weighted by atomic mass is 9.93. The van der Waals surface area contributed by atoms with Crippen LogP contribution < -0.4 is 11.1 Å². The van der Waals surface area contributed by atoms with Crippen LogP contribution in [0.15, 0.2) is 22.8 Å². The fraction of sp³-hybridized carbons (Fsp3) is 0.615. The number of nitrogens with two attached hydrogens (primary N) is 1. The molecular formula is C13H23N3O2. The summed E-state index contributed by atoms with van der Waals surface area (Å²) in [5, 5.41) is 2.81. The average molecular weight is 253 g/mol. The summed E-state index contributed by atoms with van der Waals surface area (Å²) >= 11 is 0. The lowest BCUT2D eigenvalue weighted by Crippen LogP contribution is -2.41. The summed E-state index contributed by atoms with van der Waals surface area (Å²) in [7, 11) is 1.92. The van der Waals surface area contributed by atoms with Crippen molar-refractivity contribution in [3.8, 4) is 0 Å². The molecule has 1 amide bonds. The third-order valence-corrected chi connectivity index (χ3v) is 2.70. The molecule has 1 heterocycles. The van der Waals surface area contributed by atoms with Gasteiger partial charge >= 0.3 is 0 Å². The molecule has 0 aliphatic heterocycles. The summed E-state index contributed by atoms with van der Waals surface area (Å²) < 4.78 is 5.14. The van der Waals surface area contributed by atoms with Gasteiger partial charge in [-0.1, -0.05) is 13.8 Å². The van der Waals surface area contributed by atoms with E-state index in [1.54, 1.807) is 12.3 Å². The van der Waals surface area contributed by atoms with E-state index in [1.807, 2.05) is 18.0 Å². The Kier molecular flexibility index (Phi) is 5.37. The number of carbonyl (C=O) groups is 1. The molecule has 3 N–H and O–H groups in total. The Bertz CT molecular complexity index is 360. The van der Waals surface area contributed by atoms with Crippen LogP contribution >= 0.6 is 0 Å². The maximum Gasteiger partial charge on any atom is 0.234 e. The Morgan fingerprint density at radius 3 is 2.83 bits per heavy atom. The van der Waals surface area contributed by atoms with Gasteiger partial charge in [0.2, 0.25) is 5.91 Å². The summed E-state index contributed by atoms with van der Waals surface area (Å²) in [4.78, 5) is 13.7. The number of amides is 1. The Morgan fingerprint density at radius 2 is 2.28 bits per heavy atom. The van der Waals surface area contributed by atoms with Crippen molar-refractivity contribution in [2.24, 2.45) is 11.1 Å². The van der Waals surface area contributed by atoms with Crippen molar-refractivity contribution >= 4 is 5.91 Å². The Balaban J connectivity index is 2.27. The average Bonchev–Trinajstić information content (AvgIpc) is 2.78. The highest BCUT2D eigenvalue weighted by molar-refractivity contribution is 5.77. The molecule has 0 saturated heterocycles. The summed E-state index contributed by atoms with van der Waals surface area (Å²) in [5.41, 5.74) is 5.69. The van der Waals surface area contributed by atoms with E-state index in [4.69, 9.17) is 10.2 Å². The molecule has 0 spiro atoms. The van der Waals surface area contributed by atoms with Crippen molar-refractivity contribution in [3.05, 3.63) is 24.2 Å². The van der Waals surface area contributed by atoms with Gasteiger partial charge in [0.05, 0.1) is 19.4 Å². The van der Waals surface area contributed by atoms with E-state index < -0.39 is 0 Å². The van der Waals surface area contributed by atoms with Gasteiger partial charge < -0.3 is 15.5 Å². The van der Waals surface area contributed by atoms with Gasteiger partial charge in [0, 0.05) is 6.54 Å².